The Hall–Kier alpha value is -1.02. The van der Waals surface area contributed by atoms with E-state index in [1.807, 2.05) is 0 Å². The molecule has 3 atom stereocenters. The van der Waals surface area contributed by atoms with Crippen LogP contribution in [0.1, 0.15) is 50.2 Å². The highest BCUT2D eigenvalue weighted by Crippen LogP contribution is 2.35. The van der Waals surface area contributed by atoms with Crippen molar-refractivity contribution in [3.63, 3.8) is 0 Å². The summed E-state index contributed by atoms with van der Waals surface area (Å²) in [5, 5.41) is 0. The van der Waals surface area contributed by atoms with Gasteiger partial charge in [-0.05, 0) is 56.7 Å². The molecule has 20 heavy (non-hydrogen) atoms. The van der Waals surface area contributed by atoms with Gasteiger partial charge < -0.3 is 10.5 Å². The van der Waals surface area contributed by atoms with E-state index in [1.54, 1.807) is 0 Å². The molecule has 1 aromatic rings. The third-order valence-corrected chi connectivity index (χ3v) is 4.71. The van der Waals surface area contributed by atoms with E-state index < -0.39 is 0 Å². The van der Waals surface area contributed by atoms with Crippen molar-refractivity contribution in [2.24, 2.45) is 17.6 Å². The van der Waals surface area contributed by atoms with E-state index >= 15 is 0 Å². The quantitative estimate of drug-likeness (QED) is 0.873. The van der Waals surface area contributed by atoms with Crippen molar-refractivity contribution >= 4 is 0 Å². The van der Waals surface area contributed by atoms with Crippen molar-refractivity contribution in [2.75, 3.05) is 6.54 Å². The molecule has 2 heteroatoms. The minimum atomic E-state index is 0.296. The third-order valence-electron chi connectivity index (χ3n) is 4.71. The maximum atomic E-state index is 6.42. The third kappa shape index (κ3) is 3.54. The van der Waals surface area contributed by atoms with E-state index in [9.17, 15) is 0 Å². The molecular formula is C18H29NO. The van der Waals surface area contributed by atoms with E-state index in [2.05, 4.69) is 39.0 Å². The van der Waals surface area contributed by atoms with Crippen molar-refractivity contribution < 1.29 is 4.74 Å². The second-order valence-corrected chi connectivity index (χ2v) is 6.34. The summed E-state index contributed by atoms with van der Waals surface area (Å²) in [5.74, 6) is 2.41. The Morgan fingerprint density at radius 3 is 2.50 bits per heavy atom. The first-order valence-corrected chi connectivity index (χ1v) is 8.08. The molecule has 0 amide bonds. The molecule has 2 N–H and O–H groups in total. The summed E-state index contributed by atoms with van der Waals surface area (Å²) >= 11 is 0. The van der Waals surface area contributed by atoms with Crippen LogP contribution in [0.4, 0.5) is 0 Å². The zero-order valence-electron chi connectivity index (χ0n) is 13.2. The van der Waals surface area contributed by atoms with Crippen molar-refractivity contribution in [1.29, 1.82) is 0 Å². The first-order chi connectivity index (χ1) is 9.65. The van der Waals surface area contributed by atoms with Gasteiger partial charge in [0, 0.05) is 5.92 Å². The van der Waals surface area contributed by atoms with Crippen molar-refractivity contribution in [3.8, 4) is 5.75 Å². The number of nitrogens with two attached hydrogens (primary N) is 1. The summed E-state index contributed by atoms with van der Waals surface area (Å²) in [6.07, 6.45) is 6.60. The average Bonchev–Trinajstić information content (AvgIpc) is 2.44. The van der Waals surface area contributed by atoms with Gasteiger partial charge in [0.05, 0.1) is 0 Å². The smallest absolute Gasteiger partial charge is 0.125 e. The molecule has 2 nitrogen and oxygen atoms in total. The Balaban J connectivity index is 2.11. The van der Waals surface area contributed by atoms with Gasteiger partial charge in [-0.2, -0.15) is 0 Å². The number of benzene rings is 1. The molecule has 1 aromatic carbocycles. The summed E-state index contributed by atoms with van der Waals surface area (Å²) in [5.41, 5.74) is 8.43. The van der Waals surface area contributed by atoms with E-state index in [-0.39, 0.29) is 0 Å². The topological polar surface area (TPSA) is 35.2 Å². The van der Waals surface area contributed by atoms with E-state index in [1.165, 1.54) is 43.2 Å². The number of ether oxygens (including phenoxy) is 1. The van der Waals surface area contributed by atoms with Gasteiger partial charge in [-0.15, -0.1) is 0 Å². The van der Waals surface area contributed by atoms with Crippen LogP contribution in [0, 0.1) is 25.7 Å². The number of aryl methyl sites for hydroxylation is 2. The molecule has 3 unspecified atom stereocenters. The highest BCUT2D eigenvalue weighted by Gasteiger charge is 2.31. The van der Waals surface area contributed by atoms with Gasteiger partial charge in [0.1, 0.15) is 11.9 Å². The Bertz CT molecular complexity index is 409. The fraction of sp³-hybridized carbons (Fsp3) is 0.667. The summed E-state index contributed by atoms with van der Waals surface area (Å²) in [6.45, 7) is 7.28. The van der Waals surface area contributed by atoms with Gasteiger partial charge in [-0.3, -0.25) is 0 Å². The van der Waals surface area contributed by atoms with Crippen LogP contribution in [0.3, 0.4) is 0 Å². The molecule has 0 saturated heterocycles. The molecule has 0 aliphatic heterocycles. The van der Waals surface area contributed by atoms with Crippen LogP contribution in [0.2, 0.25) is 0 Å². The van der Waals surface area contributed by atoms with Crippen LogP contribution in [0.5, 0.6) is 5.75 Å². The monoisotopic (exact) mass is 275 g/mol. The second-order valence-electron chi connectivity index (χ2n) is 6.34. The zero-order chi connectivity index (χ0) is 14.5. The predicted molar refractivity (Wildman–Crippen MR) is 85.1 cm³/mol. The number of rotatable bonds is 5. The van der Waals surface area contributed by atoms with E-state index in [0.29, 0.717) is 12.0 Å². The normalized spacial score (nSPS) is 26.5. The molecule has 0 spiro atoms. The minimum Gasteiger partial charge on any atom is -0.490 e. The maximum Gasteiger partial charge on any atom is 0.125 e. The van der Waals surface area contributed by atoms with E-state index in [0.717, 1.165) is 18.2 Å². The first-order valence-electron chi connectivity index (χ1n) is 8.08. The Kier molecular flexibility index (Phi) is 5.47. The second kappa shape index (κ2) is 7.12. The fourth-order valence-corrected chi connectivity index (χ4v) is 3.50. The molecule has 1 fully saturated rings. The van der Waals surface area contributed by atoms with Crippen LogP contribution in [0.15, 0.2) is 18.2 Å². The Morgan fingerprint density at radius 2 is 1.90 bits per heavy atom. The van der Waals surface area contributed by atoms with Crippen LogP contribution in [-0.2, 0) is 0 Å². The highest BCUT2D eigenvalue weighted by molar-refractivity contribution is 5.39. The molecular weight excluding hydrogens is 246 g/mol. The fourth-order valence-electron chi connectivity index (χ4n) is 3.50. The summed E-state index contributed by atoms with van der Waals surface area (Å²) < 4.78 is 6.42. The molecule has 1 saturated carbocycles. The average molecular weight is 275 g/mol. The van der Waals surface area contributed by atoms with Gasteiger partial charge >= 0.3 is 0 Å². The SMILES string of the molecule is CCCC1CCC(CN)C(Oc2c(C)cccc2C)C1. The number of hydrogen-bond acceptors (Lipinski definition) is 2. The van der Waals surface area contributed by atoms with Crippen molar-refractivity contribution in [1.82, 2.24) is 0 Å². The van der Waals surface area contributed by atoms with Gasteiger partial charge in [0.2, 0.25) is 0 Å². The molecule has 0 radical (unpaired) electrons. The lowest BCUT2D eigenvalue weighted by molar-refractivity contribution is 0.0657. The van der Waals surface area contributed by atoms with E-state index in [4.69, 9.17) is 10.5 Å². The first kappa shape index (κ1) is 15.4. The summed E-state index contributed by atoms with van der Waals surface area (Å²) in [7, 11) is 0. The molecule has 112 valence electrons. The Morgan fingerprint density at radius 1 is 1.20 bits per heavy atom. The lowest BCUT2D eigenvalue weighted by Crippen LogP contribution is -2.38. The van der Waals surface area contributed by atoms with Gasteiger partial charge in [-0.25, -0.2) is 0 Å². The molecule has 0 aromatic heterocycles. The molecule has 2 rings (SSSR count). The minimum absolute atomic E-state index is 0.296. The van der Waals surface area contributed by atoms with Gasteiger partial charge in [-0.1, -0.05) is 38.0 Å². The summed E-state index contributed by atoms with van der Waals surface area (Å²) in [6, 6.07) is 6.36. The van der Waals surface area contributed by atoms with Crippen LogP contribution in [-0.4, -0.2) is 12.6 Å². The zero-order valence-corrected chi connectivity index (χ0v) is 13.2. The van der Waals surface area contributed by atoms with Crippen LogP contribution in [0.25, 0.3) is 0 Å². The summed E-state index contributed by atoms with van der Waals surface area (Å²) in [4.78, 5) is 0. The highest BCUT2D eigenvalue weighted by atomic mass is 16.5. The molecule has 1 aliphatic rings. The predicted octanol–water partition coefficient (Wildman–Crippen LogP) is 4.23. The van der Waals surface area contributed by atoms with Crippen molar-refractivity contribution in [3.05, 3.63) is 29.3 Å². The Labute approximate surface area is 123 Å². The lowest BCUT2D eigenvalue weighted by Gasteiger charge is -2.36. The molecule has 0 bridgehead atoms. The molecule has 1 aliphatic carbocycles. The van der Waals surface area contributed by atoms with Gasteiger partial charge in [0.15, 0.2) is 0 Å². The van der Waals surface area contributed by atoms with Crippen molar-refractivity contribution in [2.45, 2.75) is 59.0 Å². The molecule has 0 heterocycles. The lowest BCUT2D eigenvalue weighted by atomic mass is 9.78. The number of hydrogen-bond donors (Lipinski definition) is 1. The van der Waals surface area contributed by atoms with Crippen LogP contribution < -0.4 is 10.5 Å². The standard InChI is InChI=1S/C18H29NO/c1-4-6-15-9-10-16(12-19)17(11-15)20-18-13(2)7-5-8-14(18)3/h5,7-8,15-17H,4,6,9-12,19H2,1-3H3. The number of para-hydroxylation sites is 1. The maximum absolute atomic E-state index is 6.42. The van der Waals surface area contributed by atoms with Crippen LogP contribution >= 0.6 is 0 Å². The largest absolute Gasteiger partial charge is 0.490 e. The van der Waals surface area contributed by atoms with Gasteiger partial charge in [0.25, 0.3) is 0 Å².